The van der Waals surface area contributed by atoms with Crippen LogP contribution in [0.25, 0.3) is 0 Å². The van der Waals surface area contributed by atoms with Crippen molar-refractivity contribution in [2.45, 2.75) is 86.3 Å². The lowest BCUT2D eigenvalue weighted by atomic mass is 9.77. The van der Waals surface area contributed by atoms with E-state index in [4.69, 9.17) is 10.4 Å². The minimum Gasteiger partial charge on any atom is -0.481 e. The van der Waals surface area contributed by atoms with Crippen LogP contribution in [0.3, 0.4) is 0 Å². The molecular formula is C34H43N2O11S3+. The van der Waals surface area contributed by atoms with Gasteiger partial charge in [-0.3, -0.25) is 13.9 Å². The summed E-state index contributed by atoms with van der Waals surface area (Å²) >= 11 is 0.854. The van der Waals surface area contributed by atoms with E-state index >= 15 is 0 Å². The van der Waals surface area contributed by atoms with E-state index in [0.717, 1.165) is 46.0 Å². The Morgan fingerprint density at radius 1 is 0.940 bits per heavy atom. The number of unbranched alkanes of at least 4 members (excludes halogenated alkanes) is 3. The topological polar surface area (TPSA) is 200 Å². The lowest BCUT2D eigenvalue weighted by Gasteiger charge is -2.26. The van der Waals surface area contributed by atoms with Gasteiger partial charge in [0, 0.05) is 52.2 Å². The molecule has 50 heavy (non-hydrogen) atoms. The maximum absolute atomic E-state index is 11.9. The standard InChI is InChI=1S/C34H42N2O11S3/c1-33(2)27-22-24(48-47-46-39)15-18-29(27)36(20-10-11-21-49(40,41)42)31(33)13-7-4-6-12-30-34(3,19-9-5-8-14-32(37)38)26-23-25(50(43,44)45)16-17-28(26)35-30/h4,6-7,12-13,15-18,22-23H,5,8-11,14,19-21H2,1-3H3,(H4,37,38,39,40,41,42,43,44,45)/p+1. The first-order valence-electron chi connectivity index (χ1n) is 16.0. The second-order valence-electron chi connectivity index (χ2n) is 13.0. The van der Waals surface area contributed by atoms with Crippen LogP contribution >= 0.6 is 12.0 Å². The zero-order chi connectivity index (χ0) is 36.7. The van der Waals surface area contributed by atoms with E-state index in [-0.39, 0.29) is 23.5 Å². The molecule has 2 aliphatic rings. The molecule has 0 aliphatic carbocycles. The van der Waals surface area contributed by atoms with Crippen LogP contribution in [0.2, 0.25) is 0 Å². The van der Waals surface area contributed by atoms with Gasteiger partial charge >= 0.3 is 5.97 Å². The van der Waals surface area contributed by atoms with E-state index in [9.17, 15) is 30.7 Å². The third kappa shape index (κ3) is 9.70. The zero-order valence-corrected chi connectivity index (χ0v) is 30.5. The number of allylic oxidation sites excluding steroid dienone is 6. The second-order valence-corrected chi connectivity index (χ2v) is 16.7. The van der Waals surface area contributed by atoms with Crippen molar-refractivity contribution >= 4 is 55.3 Å². The number of carbonyl (C=O) groups is 1. The Hall–Kier alpha value is -3.35. The van der Waals surface area contributed by atoms with E-state index in [1.807, 2.05) is 55.5 Å². The highest BCUT2D eigenvalue weighted by Gasteiger charge is 2.44. The molecule has 0 radical (unpaired) electrons. The molecule has 0 bridgehead atoms. The number of fused-ring (bicyclic) bond motifs is 2. The Morgan fingerprint density at radius 2 is 1.70 bits per heavy atom. The molecule has 2 aromatic rings. The first-order chi connectivity index (χ1) is 23.5. The average molecular weight is 752 g/mol. The number of hydrogen-bond acceptors (Lipinski definition) is 10. The zero-order valence-electron chi connectivity index (χ0n) is 28.0. The molecule has 5 N–H and O–H groups in total. The van der Waals surface area contributed by atoms with Crippen LogP contribution in [-0.4, -0.2) is 64.9 Å². The molecule has 1 unspecified atom stereocenters. The fraction of sp³-hybridized carbons (Fsp3) is 0.412. The number of aliphatic carboxylic acids is 1. The molecule has 0 saturated heterocycles. The average Bonchev–Trinajstić information content (AvgIpc) is 3.42. The highest BCUT2D eigenvalue weighted by molar-refractivity contribution is 7.94. The molecule has 1 atom stereocenters. The summed E-state index contributed by atoms with van der Waals surface area (Å²) in [5.41, 5.74) is 4.03. The number of carboxylic acids is 1. The largest absolute Gasteiger partial charge is 0.481 e. The smallest absolute Gasteiger partial charge is 0.303 e. The Labute approximate surface area is 297 Å². The molecule has 4 rings (SSSR count). The van der Waals surface area contributed by atoms with Crippen molar-refractivity contribution in [1.82, 2.24) is 0 Å². The summed E-state index contributed by atoms with van der Waals surface area (Å²) in [6.07, 6.45) is 12.9. The molecule has 0 spiro atoms. The van der Waals surface area contributed by atoms with Gasteiger partial charge in [-0.15, -0.1) is 4.33 Å². The van der Waals surface area contributed by atoms with Crippen molar-refractivity contribution in [3.05, 3.63) is 83.6 Å². The van der Waals surface area contributed by atoms with Gasteiger partial charge in [0.1, 0.15) is 6.54 Å². The van der Waals surface area contributed by atoms with Crippen LogP contribution in [0.5, 0.6) is 0 Å². The molecule has 0 amide bonds. The molecule has 0 fully saturated rings. The number of benzene rings is 2. The fourth-order valence-corrected chi connectivity index (χ4v) is 8.00. The summed E-state index contributed by atoms with van der Waals surface area (Å²) in [6.45, 7) is 6.62. The van der Waals surface area contributed by atoms with E-state index in [0.29, 0.717) is 43.5 Å². The third-order valence-electron chi connectivity index (χ3n) is 9.11. The van der Waals surface area contributed by atoms with Gasteiger partial charge in [0.15, 0.2) is 5.71 Å². The van der Waals surface area contributed by atoms with Crippen LogP contribution in [0.15, 0.2) is 82.3 Å². The quantitative estimate of drug-likeness (QED) is 0.0202. The van der Waals surface area contributed by atoms with Crippen LogP contribution in [0.4, 0.5) is 11.4 Å². The molecule has 16 heteroatoms. The maximum atomic E-state index is 11.9. The van der Waals surface area contributed by atoms with Gasteiger partial charge in [0.05, 0.1) is 28.1 Å². The van der Waals surface area contributed by atoms with E-state index in [2.05, 4.69) is 33.1 Å². The van der Waals surface area contributed by atoms with Gasteiger partial charge in [-0.25, -0.2) is 5.26 Å². The molecule has 2 aromatic carbocycles. The van der Waals surface area contributed by atoms with Crippen molar-refractivity contribution in [2.75, 3.05) is 17.6 Å². The fourth-order valence-electron chi connectivity index (χ4n) is 6.52. The Morgan fingerprint density at radius 3 is 2.38 bits per heavy atom. The molecular weight excluding hydrogens is 709 g/mol. The predicted molar refractivity (Wildman–Crippen MR) is 190 cm³/mol. The van der Waals surface area contributed by atoms with Crippen LogP contribution in [0, 0.1) is 0 Å². The number of rotatable bonds is 18. The third-order valence-corrected chi connectivity index (χ3v) is 11.3. The van der Waals surface area contributed by atoms with Gasteiger partial charge in [-0.05, 0) is 82.0 Å². The molecule has 0 aromatic heterocycles. The van der Waals surface area contributed by atoms with Gasteiger partial charge < -0.3 is 10.4 Å². The maximum Gasteiger partial charge on any atom is 0.303 e. The summed E-state index contributed by atoms with van der Waals surface area (Å²) in [7, 11) is -8.49. The first kappa shape index (κ1) is 39.4. The number of hydrogen-bond donors (Lipinski definition) is 5. The minimum atomic E-state index is -4.42. The normalized spacial score (nSPS) is 19.4. The molecule has 272 valence electrons. The Balaban J connectivity index is 1.61. The summed E-state index contributed by atoms with van der Waals surface area (Å²) in [4.78, 5) is 11.5. The van der Waals surface area contributed by atoms with E-state index < -0.39 is 37.0 Å². The van der Waals surface area contributed by atoms with Gasteiger partial charge in [-0.1, -0.05) is 36.1 Å². The van der Waals surface area contributed by atoms with Crippen molar-refractivity contribution < 1.29 is 55.0 Å². The number of nitrogens with one attached hydrogen (secondary N) is 1. The monoisotopic (exact) mass is 751 g/mol. The van der Waals surface area contributed by atoms with Crippen LogP contribution < -0.4 is 5.32 Å². The van der Waals surface area contributed by atoms with Crippen molar-refractivity contribution in [3.8, 4) is 0 Å². The van der Waals surface area contributed by atoms with Crippen molar-refractivity contribution in [3.63, 3.8) is 0 Å². The number of nitrogens with zero attached hydrogens (tertiary/aromatic N) is 1. The summed E-state index contributed by atoms with van der Waals surface area (Å²) in [5, 5.41) is 24.7. The van der Waals surface area contributed by atoms with Crippen molar-refractivity contribution in [1.29, 1.82) is 0 Å². The predicted octanol–water partition coefficient (Wildman–Crippen LogP) is 6.82. The van der Waals surface area contributed by atoms with Crippen LogP contribution in [0.1, 0.15) is 76.8 Å². The Kier molecular flexibility index (Phi) is 12.9. The second kappa shape index (κ2) is 16.3. The highest BCUT2D eigenvalue weighted by Crippen LogP contribution is 2.48. The summed E-state index contributed by atoms with van der Waals surface area (Å²) < 4.78 is 72.1. The van der Waals surface area contributed by atoms with Crippen LogP contribution in [-0.2, 0) is 45.2 Å². The van der Waals surface area contributed by atoms with Crippen molar-refractivity contribution in [2.24, 2.45) is 0 Å². The highest BCUT2D eigenvalue weighted by atomic mass is 32.2. The molecule has 2 heterocycles. The Bertz CT molecular complexity index is 1930. The molecule has 13 nitrogen and oxygen atoms in total. The first-order valence-corrected chi connectivity index (χ1v) is 19.8. The summed E-state index contributed by atoms with van der Waals surface area (Å²) in [5.74, 6) is -1.18. The summed E-state index contributed by atoms with van der Waals surface area (Å²) in [6, 6.07) is 10.1. The molecule has 2 aliphatic heterocycles. The van der Waals surface area contributed by atoms with Gasteiger partial charge in [0.2, 0.25) is 5.69 Å². The minimum absolute atomic E-state index is 0.0757. The lowest BCUT2D eigenvalue weighted by Crippen LogP contribution is -2.28. The number of carboxylic acid groups (broad SMARTS) is 1. The van der Waals surface area contributed by atoms with E-state index in [1.165, 1.54) is 12.1 Å². The molecule has 0 saturated carbocycles. The SMILES string of the molecule is CC1(C)C(/C=C/C=C/C=C2/Nc3ccc(S(=O)(=O)O)cc3C2(C)CCCCCC(=O)O)=[N+](CCCCS(=O)(=O)O)c2ccc(SOOO)cc21. The van der Waals surface area contributed by atoms with Gasteiger partial charge in [0.25, 0.3) is 20.2 Å². The lowest BCUT2D eigenvalue weighted by molar-refractivity contribution is -0.438. The van der Waals surface area contributed by atoms with Gasteiger partial charge in [-0.2, -0.15) is 21.4 Å². The van der Waals surface area contributed by atoms with E-state index in [1.54, 1.807) is 6.07 Å². The number of anilines is 1.